The summed E-state index contributed by atoms with van der Waals surface area (Å²) in [6.45, 7) is 2.38. The maximum atomic E-state index is 11.9. The first-order valence-corrected chi connectivity index (χ1v) is 7.51. The van der Waals surface area contributed by atoms with Crippen molar-refractivity contribution in [2.45, 2.75) is 18.4 Å². The van der Waals surface area contributed by atoms with E-state index in [-0.39, 0.29) is 4.90 Å². The number of hydrogen-bond acceptors (Lipinski definition) is 5. The topological polar surface area (TPSA) is 75.4 Å². The van der Waals surface area contributed by atoms with Gasteiger partial charge in [0.1, 0.15) is 22.2 Å². The van der Waals surface area contributed by atoms with Crippen molar-refractivity contribution in [3.63, 3.8) is 0 Å². The Morgan fingerprint density at radius 3 is 2.50 bits per heavy atom. The second kappa shape index (κ2) is 5.64. The number of pyridine rings is 1. The van der Waals surface area contributed by atoms with Gasteiger partial charge in [-0.15, -0.1) is 0 Å². The Morgan fingerprint density at radius 1 is 1.25 bits per heavy atom. The average Bonchev–Trinajstić information content (AvgIpc) is 2.82. The summed E-state index contributed by atoms with van der Waals surface area (Å²) in [6, 6.07) is 6.93. The van der Waals surface area contributed by atoms with Gasteiger partial charge in [0.2, 0.25) is 10.0 Å². The summed E-state index contributed by atoms with van der Waals surface area (Å²) in [5.41, 5.74) is 0. The van der Waals surface area contributed by atoms with E-state index in [4.69, 9.17) is 4.42 Å². The van der Waals surface area contributed by atoms with Crippen LogP contribution in [0.3, 0.4) is 0 Å². The lowest BCUT2D eigenvalue weighted by Gasteiger charge is -2.11. The van der Waals surface area contributed by atoms with E-state index in [2.05, 4.69) is 10.3 Å². The van der Waals surface area contributed by atoms with Crippen LogP contribution in [-0.2, 0) is 16.6 Å². The molecule has 0 unspecified atom stereocenters. The standard InChI is InChI=1S/C13H17N3O3S/c1-10-4-5-11(19-10)8-14-13-7-6-12(9-15-13)20(17,18)16(2)3/h4-7,9H,8H2,1-3H3,(H,14,15). The molecule has 2 aromatic rings. The third kappa shape index (κ3) is 3.17. The fourth-order valence-electron chi connectivity index (χ4n) is 1.61. The molecule has 2 aromatic heterocycles. The fraction of sp³-hybridized carbons (Fsp3) is 0.308. The van der Waals surface area contributed by atoms with Crippen LogP contribution in [-0.4, -0.2) is 31.8 Å². The Bertz CT molecular complexity index is 675. The lowest BCUT2D eigenvalue weighted by Crippen LogP contribution is -2.22. The normalized spacial score (nSPS) is 11.8. The van der Waals surface area contributed by atoms with E-state index in [9.17, 15) is 8.42 Å². The number of rotatable bonds is 5. The van der Waals surface area contributed by atoms with Crippen molar-refractivity contribution in [2.75, 3.05) is 19.4 Å². The van der Waals surface area contributed by atoms with Crippen LogP contribution in [0.2, 0.25) is 0 Å². The molecule has 0 aliphatic rings. The summed E-state index contributed by atoms with van der Waals surface area (Å²) in [5.74, 6) is 2.24. The third-order valence-electron chi connectivity index (χ3n) is 2.75. The van der Waals surface area contributed by atoms with Crippen molar-refractivity contribution >= 4 is 15.8 Å². The molecular weight excluding hydrogens is 278 g/mol. The molecule has 2 heterocycles. The predicted molar refractivity (Wildman–Crippen MR) is 75.9 cm³/mol. The SMILES string of the molecule is Cc1ccc(CNc2ccc(S(=O)(=O)N(C)C)cn2)o1. The van der Waals surface area contributed by atoms with Gasteiger partial charge in [-0.05, 0) is 31.2 Å². The average molecular weight is 295 g/mol. The smallest absolute Gasteiger partial charge is 0.244 e. The number of nitrogens with zero attached hydrogens (tertiary/aromatic N) is 2. The van der Waals surface area contributed by atoms with Crippen LogP contribution in [0.5, 0.6) is 0 Å². The molecule has 2 rings (SSSR count). The number of aromatic nitrogens is 1. The number of aryl methyl sites for hydroxylation is 1. The molecule has 6 nitrogen and oxygen atoms in total. The lowest BCUT2D eigenvalue weighted by atomic mass is 10.4. The molecule has 0 amide bonds. The van der Waals surface area contributed by atoms with Crippen molar-refractivity contribution in [2.24, 2.45) is 0 Å². The second-order valence-electron chi connectivity index (χ2n) is 4.53. The van der Waals surface area contributed by atoms with Gasteiger partial charge < -0.3 is 9.73 Å². The number of anilines is 1. The largest absolute Gasteiger partial charge is 0.465 e. The first-order chi connectivity index (χ1) is 9.39. The van der Waals surface area contributed by atoms with Crippen LogP contribution in [0.1, 0.15) is 11.5 Å². The molecule has 0 fully saturated rings. The van der Waals surface area contributed by atoms with Crippen LogP contribution in [0.25, 0.3) is 0 Å². The molecule has 0 radical (unpaired) electrons. The van der Waals surface area contributed by atoms with Crippen LogP contribution in [0.4, 0.5) is 5.82 Å². The fourth-order valence-corrected chi connectivity index (χ4v) is 2.45. The van der Waals surface area contributed by atoms with Crippen molar-refractivity contribution in [1.29, 1.82) is 0 Å². The quantitative estimate of drug-likeness (QED) is 0.911. The van der Waals surface area contributed by atoms with E-state index in [1.54, 1.807) is 6.07 Å². The van der Waals surface area contributed by atoms with Crippen molar-refractivity contribution in [3.8, 4) is 0 Å². The molecule has 0 aliphatic carbocycles. The minimum atomic E-state index is -3.43. The van der Waals surface area contributed by atoms with Crippen LogP contribution in [0.15, 0.2) is 39.8 Å². The minimum Gasteiger partial charge on any atom is -0.465 e. The molecule has 0 atom stereocenters. The zero-order chi connectivity index (χ0) is 14.8. The third-order valence-corrected chi connectivity index (χ3v) is 4.55. The maximum Gasteiger partial charge on any atom is 0.244 e. The summed E-state index contributed by atoms with van der Waals surface area (Å²) in [4.78, 5) is 4.26. The Hall–Kier alpha value is -1.86. The molecular formula is C13H17N3O3S. The molecule has 1 N–H and O–H groups in total. The van der Waals surface area contributed by atoms with Gasteiger partial charge in [-0.3, -0.25) is 0 Å². The minimum absolute atomic E-state index is 0.168. The van der Waals surface area contributed by atoms with E-state index >= 15 is 0 Å². The lowest BCUT2D eigenvalue weighted by molar-refractivity contribution is 0.490. The Kier molecular flexibility index (Phi) is 4.10. The maximum absolute atomic E-state index is 11.9. The summed E-state index contributed by atoms with van der Waals surface area (Å²) < 4.78 is 30.3. The Balaban J connectivity index is 2.05. The number of sulfonamides is 1. The van der Waals surface area contributed by atoms with E-state index in [0.29, 0.717) is 12.4 Å². The van der Waals surface area contributed by atoms with E-state index in [0.717, 1.165) is 15.8 Å². The summed E-state index contributed by atoms with van der Waals surface area (Å²) in [5, 5.41) is 3.07. The molecule has 0 saturated carbocycles. The van der Waals surface area contributed by atoms with Gasteiger partial charge in [-0.1, -0.05) is 0 Å². The zero-order valence-electron chi connectivity index (χ0n) is 11.6. The first-order valence-electron chi connectivity index (χ1n) is 6.07. The highest BCUT2D eigenvalue weighted by Crippen LogP contribution is 2.15. The molecule has 0 aliphatic heterocycles. The van der Waals surface area contributed by atoms with Gasteiger partial charge in [0.05, 0.1) is 6.54 Å². The monoisotopic (exact) mass is 295 g/mol. The first kappa shape index (κ1) is 14.5. The van der Waals surface area contributed by atoms with E-state index in [1.807, 2.05) is 19.1 Å². The van der Waals surface area contributed by atoms with Gasteiger partial charge in [-0.2, -0.15) is 0 Å². The number of hydrogen-bond donors (Lipinski definition) is 1. The highest BCUT2D eigenvalue weighted by molar-refractivity contribution is 7.89. The van der Waals surface area contributed by atoms with Crippen LogP contribution >= 0.6 is 0 Å². The van der Waals surface area contributed by atoms with Gasteiger partial charge in [0.25, 0.3) is 0 Å². The van der Waals surface area contributed by atoms with Crippen molar-refractivity contribution in [3.05, 3.63) is 42.0 Å². The molecule has 0 spiro atoms. The summed E-state index contributed by atoms with van der Waals surface area (Å²) in [6.07, 6.45) is 1.34. The van der Waals surface area contributed by atoms with Gasteiger partial charge in [-0.25, -0.2) is 17.7 Å². The summed E-state index contributed by atoms with van der Waals surface area (Å²) in [7, 11) is -0.459. The Labute approximate surface area is 118 Å². The van der Waals surface area contributed by atoms with Crippen LogP contribution in [0, 0.1) is 6.92 Å². The highest BCUT2D eigenvalue weighted by Gasteiger charge is 2.17. The molecule has 0 aromatic carbocycles. The number of nitrogens with one attached hydrogen (secondary N) is 1. The number of furan rings is 1. The molecule has 0 bridgehead atoms. The highest BCUT2D eigenvalue weighted by atomic mass is 32.2. The van der Waals surface area contributed by atoms with E-state index in [1.165, 1.54) is 26.4 Å². The van der Waals surface area contributed by atoms with Gasteiger partial charge in [0.15, 0.2) is 0 Å². The van der Waals surface area contributed by atoms with Crippen molar-refractivity contribution < 1.29 is 12.8 Å². The van der Waals surface area contributed by atoms with Gasteiger partial charge in [0, 0.05) is 20.3 Å². The Morgan fingerprint density at radius 2 is 2.00 bits per heavy atom. The van der Waals surface area contributed by atoms with Gasteiger partial charge >= 0.3 is 0 Å². The molecule has 0 saturated heterocycles. The zero-order valence-corrected chi connectivity index (χ0v) is 12.4. The second-order valence-corrected chi connectivity index (χ2v) is 6.68. The van der Waals surface area contributed by atoms with Crippen LogP contribution < -0.4 is 5.32 Å². The van der Waals surface area contributed by atoms with Crippen molar-refractivity contribution in [1.82, 2.24) is 9.29 Å². The summed E-state index contributed by atoms with van der Waals surface area (Å²) >= 11 is 0. The predicted octanol–water partition coefficient (Wildman–Crippen LogP) is 1.85. The molecule has 108 valence electrons. The van der Waals surface area contributed by atoms with E-state index < -0.39 is 10.0 Å². The molecule has 7 heteroatoms. The molecule has 20 heavy (non-hydrogen) atoms.